The van der Waals surface area contributed by atoms with Crippen LogP contribution >= 0.6 is 15.9 Å². The number of hydrogen-bond donors (Lipinski definition) is 1. The molecule has 96 valence electrons. The number of aryl methyl sites for hydroxylation is 2. The van der Waals surface area contributed by atoms with E-state index in [9.17, 15) is 0 Å². The first-order valence-electron chi connectivity index (χ1n) is 6.05. The predicted molar refractivity (Wildman–Crippen MR) is 83.0 cm³/mol. The Kier molecular flexibility index (Phi) is 2.82. The third-order valence-corrected chi connectivity index (χ3v) is 3.84. The van der Waals surface area contributed by atoms with Crippen molar-refractivity contribution in [1.29, 1.82) is 0 Å². The summed E-state index contributed by atoms with van der Waals surface area (Å²) in [7, 11) is 2.03. The van der Waals surface area contributed by atoms with Gasteiger partial charge in [-0.1, -0.05) is 0 Å². The molecule has 0 spiro atoms. The van der Waals surface area contributed by atoms with Crippen LogP contribution in [0.1, 0.15) is 5.56 Å². The monoisotopic (exact) mass is 315 g/mol. The molecule has 3 nitrogen and oxygen atoms in total. The van der Waals surface area contributed by atoms with Crippen LogP contribution in [0.4, 0.5) is 5.69 Å². The first-order chi connectivity index (χ1) is 9.06. The zero-order chi connectivity index (χ0) is 13.6. The van der Waals surface area contributed by atoms with Crippen molar-refractivity contribution >= 4 is 32.7 Å². The maximum absolute atomic E-state index is 5.73. The van der Waals surface area contributed by atoms with Gasteiger partial charge >= 0.3 is 0 Å². The minimum atomic E-state index is 0.763. The molecule has 0 saturated carbocycles. The molecule has 0 unspecified atom stereocenters. The van der Waals surface area contributed by atoms with Gasteiger partial charge in [-0.2, -0.15) is 0 Å². The van der Waals surface area contributed by atoms with Gasteiger partial charge in [-0.05, 0) is 64.8 Å². The number of anilines is 1. The van der Waals surface area contributed by atoms with E-state index < -0.39 is 0 Å². The van der Waals surface area contributed by atoms with Crippen molar-refractivity contribution < 1.29 is 0 Å². The van der Waals surface area contributed by atoms with Crippen molar-refractivity contribution in [2.75, 3.05) is 5.73 Å². The summed E-state index contributed by atoms with van der Waals surface area (Å²) in [6.07, 6.45) is 0. The third-order valence-electron chi connectivity index (χ3n) is 3.24. The summed E-state index contributed by atoms with van der Waals surface area (Å²) < 4.78 is 3.17. The van der Waals surface area contributed by atoms with Crippen LogP contribution in [0, 0.1) is 6.92 Å². The molecule has 1 heterocycles. The van der Waals surface area contributed by atoms with Gasteiger partial charge in [-0.3, -0.25) is 0 Å². The molecule has 4 heteroatoms. The maximum Gasteiger partial charge on any atom is 0.140 e. The molecule has 0 aliphatic heterocycles. The van der Waals surface area contributed by atoms with Crippen LogP contribution < -0.4 is 5.73 Å². The largest absolute Gasteiger partial charge is 0.399 e. The number of rotatable bonds is 1. The van der Waals surface area contributed by atoms with Gasteiger partial charge in [-0.25, -0.2) is 4.98 Å². The number of imidazole rings is 1. The second kappa shape index (κ2) is 4.38. The van der Waals surface area contributed by atoms with Gasteiger partial charge in [0.05, 0.1) is 11.0 Å². The molecule has 2 N–H and O–H groups in total. The highest BCUT2D eigenvalue weighted by Gasteiger charge is 2.12. The van der Waals surface area contributed by atoms with Gasteiger partial charge in [0.15, 0.2) is 0 Å². The lowest BCUT2D eigenvalue weighted by molar-refractivity contribution is 0.957. The van der Waals surface area contributed by atoms with E-state index in [1.165, 1.54) is 5.56 Å². The Balaban J connectivity index is 2.28. The van der Waals surface area contributed by atoms with Gasteiger partial charge in [0.2, 0.25) is 0 Å². The lowest BCUT2D eigenvalue weighted by Crippen LogP contribution is -1.93. The Morgan fingerprint density at radius 2 is 1.84 bits per heavy atom. The summed E-state index contributed by atoms with van der Waals surface area (Å²) in [5.74, 6) is 0.946. The number of nitrogens with zero attached hydrogens (tertiary/aromatic N) is 2. The van der Waals surface area contributed by atoms with Crippen molar-refractivity contribution in [1.82, 2.24) is 9.55 Å². The molecule has 3 aromatic rings. The van der Waals surface area contributed by atoms with Crippen molar-refractivity contribution in [3.63, 3.8) is 0 Å². The van der Waals surface area contributed by atoms with Crippen LogP contribution in [0.5, 0.6) is 0 Å². The first-order valence-corrected chi connectivity index (χ1v) is 6.84. The van der Waals surface area contributed by atoms with Crippen LogP contribution in [0.2, 0.25) is 0 Å². The van der Waals surface area contributed by atoms with E-state index in [0.29, 0.717) is 0 Å². The molecule has 19 heavy (non-hydrogen) atoms. The number of nitrogens with two attached hydrogens (primary N) is 1. The lowest BCUT2D eigenvalue weighted by atomic mass is 10.2. The average Bonchev–Trinajstić information content (AvgIpc) is 2.67. The van der Waals surface area contributed by atoms with E-state index in [1.54, 1.807) is 0 Å². The fraction of sp³-hybridized carbons (Fsp3) is 0.133. The molecule has 0 saturated heterocycles. The fourth-order valence-corrected chi connectivity index (χ4v) is 3.15. The summed E-state index contributed by atoms with van der Waals surface area (Å²) in [6.45, 7) is 2.07. The molecule has 0 aliphatic carbocycles. The van der Waals surface area contributed by atoms with Crippen molar-refractivity contribution in [3.05, 3.63) is 46.4 Å². The predicted octanol–water partition coefficient (Wildman–Crippen LogP) is 3.89. The zero-order valence-corrected chi connectivity index (χ0v) is 12.4. The number of halogens is 1. The van der Waals surface area contributed by atoms with E-state index in [4.69, 9.17) is 10.7 Å². The van der Waals surface area contributed by atoms with Crippen LogP contribution in [-0.2, 0) is 7.05 Å². The molecule has 2 aromatic carbocycles. The molecule has 3 rings (SSSR count). The van der Waals surface area contributed by atoms with Crippen LogP contribution in [0.15, 0.2) is 40.9 Å². The zero-order valence-electron chi connectivity index (χ0n) is 10.8. The smallest absolute Gasteiger partial charge is 0.140 e. The molecule has 0 aliphatic rings. The third kappa shape index (κ3) is 2.02. The number of benzene rings is 2. The summed E-state index contributed by atoms with van der Waals surface area (Å²) in [6, 6.07) is 12.0. The van der Waals surface area contributed by atoms with Gasteiger partial charge in [0.1, 0.15) is 5.82 Å². The number of hydrogen-bond acceptors (Lipinski definition) is 2. The van der Waals surface area contributed by atoms with Crippen molar-refractivity contribution in [3.8, 4) is 11.4 Å². The van der Waals surface area contributed by atoms with E-state index in [2.05, 4.69) is 39.6 Å². The SMILES string of the molecule is Cc1cc(Br)c2c(c1)nc(-c1ccc(N)cc1)n2C. The topological polar surface area (TPSA) is 43.8 Å². The number of fused-ring (bicyclic) bond motifs is 1. The van der Waals surface area contributed by atoms with E-state index >= 15 is 0 Å². The summed E-state index contributed by atoms with van der Waals surface area (Å²) >= 11 is 3.62. The van der Waals surface area contributed by atoms with Gasteiger partial charge < -0.3 is 10.3 Å². The van der Waals surface area contributed by atoms with Gasteiger partial charge in [-0.15, -0.1) is 0 Å². The van der Waals surface area contributed by atoms with E-state index in [1.807, 2.05) is 31.3 Å². The van der Waals surface area contributed by atoms with Crippen LogP contribution in [-0.4, -0.2) is 9.55 Å². The standard InChI is InChI=1S/C15H14BrN3/c1-9-7-12(16)14-13(8-9)18-15(19(14)2)10-3-5-11(17)6-4-10/h3-8H,17H2,1-2H3. The minimum absolute atomic E-state index is 0.763. The summed E-state index contributed by atoms with van der Waals surface area (Å²) in [4.78, 5) is 4.73. The molecule has 1 aromatic heterocycles. The molecule has 0 atom stereocenters. The molecule has 0 fully saturated rings. The maximum atomic E-state index is 5.73. The second-order valence-corrected chi connectivity index (χ2v) is 5.59. The Hall–Kier alpha value is -1.81. The Morgan fingerprint density at radius 3 is 2.53 bits per heavy atom. The quantitative estimate of drug-likeness (QED) is 0.692. The summed E-state index contributed by atoms with van der Waals surface area (Å²) in [5, 5.41) is 0. The normalized spacial score (nSPS) is 11.1. The molecule has 0 amide bonds. The highest BCUT2D eigenvalue weighted by Crippen LogP contribution is 2.30. The molecule has 0 radical (unpaired) electrons. The molecular weight excluding hydrogens is 302 g/mol. The highest BCUT2D eigenvalue weighted by atomic mass is 79.9. The molecular formula is C15H14BrN3. The Bertz CT molecular complexity index is 757. The number of nitrogen functional groups attached to an aromatic ring is 1. The Labute approximate surface area is 120 Å². The average molecular weight is 316 g/mol. The second-order valence-electron chi connectivity index (χ2n) is 4.73. The minimum Gasteiger partial charge on any atom is -0.399 e. The van der Waals surface area contributed by atoms with E-state index in [-0.39, 0.29) is 0 Å². The highest BCUT2D eigenvalue weighted by molar-refractivity contribution is 9.10. The van der Waals surface area contributed by atoms with Crippen LogP contribution in [0.25, 0.3) is 22.4 Å². The lowest BCUT2D eigenvalue weighted by Gasteiger charge is -2.04. The first kappa shape index (κ1) is 12.2. The van der Waals surface area contributed by atoms with Crippen LogP contribution in [0.3, 0.4) is 0 Å². The van der Waals surface area contributed by atoms with Crippen molar-refractivity contribution in [2.24, 2.45) is 7.05 Å². The number of aromatic nitrogens is 2. The fourth-order valence-electron chi connectivity index (χ4n) is 2.32. The van der Waals surface area contributed by atoms with Crippen molar-refractivity contribution in [2.45, 2.75) is 6.92 Å². The Morgan fingerprint density at radius 1 is 1.16 bits per heavy atom. The molecule has 0 bridgehead atoms. The van der Waals surface area contributed by atoms with Gasteiger partial charge in [0.25, 0.3) is 0 Å². The van der Waals surface area contributed by atoms with E-state index in [0.717, 1.165) is 32.6 Å². The summed E-state index contributed by atoms with van der Waals surface area (Å²) in [5.41, 5.74) is 10.9. The van der Waals surface area contributed by atoms with Gasteiger partial charge in [0, 0.05) is 22.8 Å².